The van der Waals surface area contributed by atoms with Crippen molar-refractivity contribution in [1.82, 2.24) is 16.0 Å². The highest BCUT2D eigenvalue weighted by Crippen LogP contribution is 2.14. The zero-order valence-electron chi connectivity index (χ0n) is 9.30. The lowest BCUT2D eigenvalue weighted by Crippen LogP contribution is -2.34. The van der Waals surface area contributed by atoms with Crippen LogP contribution in [0.15, 0.2) is 36.2 Å². The first kappa shape index (κ1) is 11.3. The van der Waals surface area contributed by atoms with E-state index in [0.29, 0.717) is 12.4 Å². The van der Waals surface area contributed by atoms with Crippen LogP contribution in [0.25, 0.3) is 0 Å². The van der Waals surface area contributed by atoms with Gasteiger partial charge >= 0.3 is 5.97 Å². The van der Waals surface area contributed by atoms with E-state index in [1.165, 1.54) is 12.1 Å². The number of carboxylic acid groups (broad SMARTS) is 1. The summed E-state index contributed by atoms with van der Waals surface area (Å²) in [6.45, 7) is 0.361. The van der Waals surface area contributed by atoms with Crippen molar-refractivity contribution < 1.29 is 14.6 Å². The summed E-state index contributed by atoms with van der Waals surface area (Å²) in [5, 5.41) is 10.6. The molecule has 90 valence electrons. The number of hydrogen-bond donors (Lipinski definition) is 3. The fraction of sp³-hybridized carbons (Fsp3) is 0.182. The van der Waals surface area contributed by atoms with Crippen LogP contribution in [0.3, 0.4) is 0 Å². The summed E-state index contributed by atoms with van der Waals surface area (Å²) in [5.74, 6) is -0.429. The fourth-order valence-corrected chi connectivity index (χ4v) is 1.40. The summed E-state index contributed by atoms with van der Waals surface area (Å²) >= 11 is 0. The van der Waals surface area contributed by atoms with Gasteiger partial charge in [-0.15, -0.1) is 5.53 Å². The van der Waals surface area contributed by atoms with Crippen LogP contribution in [-0.2, 0) is 0 Å². The van der Waals surface area contributed by atoms with Gasteiger partial charge in [-0.2, -0.15) is 0 Å². The van der Waals surface area contributed by atoms with Crippen molar-refractivity contribution in [3.05, 3.63) is 41.7 Å². The third kappa shape index (κ3) is 2.67. The van der Waals surface area contributed by atoms with E-state index in [4.69, 9.17) is 9.84 Å². The van der Waals surface area contributed by atoms with Crippen molar-refractivity contribution >= 4 is 5.97 Å². The Labute approximate surface area is 98.4 Å². The number of nitrogens with zero attached hydrogens (tertiary/aromatic N) is 1. The highest BCUT2D eigenvalue weighted by molar-refractivity contribution is 5.87. The lowest BCUT2D eigenvalue weighted by Gasteiger charge is -2.15. The molecule has 0 radical (unpaired) electrons. The van der Waals surface area contributed by atoms with E-state index >= 15 is 0 Å². The molecule has 1 aromatic rings. The van der Waals surface area contributed by atoms with E-state index in [1.54, 1.807) is 23.3 Å². The molecule has 0 aromatic heterocycles. The van der Waals surface area contributed by atoms with Crippen molar-refractivity contribution in [2.45, 2.75) is 0 Å². The monoisotopic (exact) mass is 235 g/mol. The molecule has 1 aromatic carbocycles. The van der Waals surface area contributed by atoms with Crippen LogP contribution in [0.1, 0.15) is 10.4 Å². The quantitative estimate of drug-likeness (QED) is 0.708. The Hall–Kier alpha value is -2.21. The van der Waals surface area contributed by atoms with Gasteiger partial charge in [0.2, 0.25) is 0 Å². The molecule has 17 heavy (non-hydrogen) atoms. The van der Waals surface area contributed by atoms with E-state index in [9.17, 15) is 4.79 Å². The zero-order chi connectivity index (χ0) is 12.3. The molecule has 1 aliphatic heterocycles. The number of ether oxygens (including phenoxy) is 1. The predicted molar refractivity (Wildman–Crippen MR) is 61.0 cm³/mol. The number of hydrogen-bond acceptors (Lipinski definition) is 5. The van der Waals surface area contributed by atoms with Crippen LogP contribution in [0.5, 0.6) is 5.75 Å². The maximum absolute atomic E-state index is 10.8. The highest BCUT2D eigenvalue weighted by atomic mass is 16.5. The van der Waals surface area contributed by atoms with Crippen LogP contribution in [0, 0.1) is 0 Å². The minimum absolute atomic E-state index is 0.215. The largest absolute Gasteiger partial charge is 0.487 e. The Morgan fingerprint density at radius 3 is 3.00 bits per heavy atom. The molecule has 0 fully saturated rings. The normalized spacial score (nSPS) is 14.2. The van der Waals surface area contributed by atoms with Gasteiger partial charge in [0.15, 0.2) is 0 Å². The number of nitrogens with one attached hydrogen (secondary N) is 2. The van der Waals surface area contributed by atoms with Gasteiger partial charge in [-0.1, -0.05) is 6.07 Å². The second-order valence-corrected chi connectivity index (χ2v) is 3.57. The van der Waals surface area contributed by atoms with Crippen LogP contribution >= 0.6 is 0 Å². The molecule has 1 heterocycles. The molecule has 0 atom stereocenters. The van der Waals surface area contributed by atoms with E-state index in [1.807, 2.05) is 7.05 Å². The Balaban J connectivity index is 1.99. The third-order valence-corrected chi connectivity index (χ3v) is 2.37. The number of likely N-dealkylation sites (N-methyl/N-ethyl adjacent to an activating group) is 1. The topological polar surface area (TPSA) is 73.8 Å². The molecule has 0 spiro atoms. The van der Waals surface area contributed by atoms with Crippen LogP contribution < -0.4 is 15.7 Å². The maximum atomic E-state index is 10.8. The van der Waals surface area contributed by atoms with Crippen molar-refractivity contribution in [2.24, 2.45) is 0 Å². The maximum Gasteiger partial charge on any atom is 0.335 e. The molecular formula is C11H13N3O3. The molecular weight excluding hydrogens is 222 g/mol. The molecule has 3 N–H and O–H groups in total. The number of hydrazine groups is 2. The van der Waals surface area contributed by atoms with Gasteiger partial charge in [0.05, 0.1) is 11.3 Å². The summed E-state index contributed by atoms with van der Waals surface area (Å²) in [6, 6.07) is 6.41. The Morgan fingerprint density at radius 1 is 1.53 bits per heavy atom. The summed E-state index contributed by atoms with van der Waals surface area (Å²) in [4.78, 5) is 10.8. The second-order valence-electron chi connectivity index (χ2n) is 3.57. The standard InChI is InChI=1S/C11H13N3O3/c1-14-9(6-12-13-14)7-17-10-4-2-3-8(5-10)11(15)16/h2-6,12-13H,7H2,1H3,(H,15,16). The molecule has 0 saturated heterocycles. The average molecular weight is 235 g/mol. The van der Waals surface area contributed by atoms with Crippen molar-refractivity contribution in [3.63, 3.8) is 0 Å². The molecule has 0 unspecified atom stereocenters. The summed E-state index contributed by atoms with van der Waals surface area (Å²) in [6.07, 6.45) is 1.78. The molecule has 0 aliphatic carbocycles. The lowest BCUT2D eigenvalue weighted by molar-refractivity contribution is 0.0696. The minimum Gasteiger partial charge on any atom is -0.487 e. The first-order valence-electron chi connectivity index (χ1n) is 5.07. The summed E-state index contributed by atoms with van der Waals surface area (Å²) < 4.78 is 5.50. The smallest absolute Gasteiger partial charge is 0.335 e. The first-order valence-corrected chi connectivity index (χ1v) is 5.07. The van der Waals surface area contributed by atoms with Gasteiger partial charge in [-0.3, -0.25) is 5.01 Å². The molecule has 0 amide bonds. The number of rotatable bonds is 4. The van der Waals surface area contributed by atoms with Gasteiger partial charge in [-0.05, 0) is 18.2 Å². The molecule has 0 saturated carbocycles. The number of carbonyl (C=O) groups is 1. The molecule has 1 aliphatic rings. The molecule has 6 nitrogen and oxygen atoms in total. The van der Waals surface area contributed by atoms with E-state index in [2.05, 4.69) is 11.0 Å². The summed E-state index contributed by atoms with van der Waals surface area (Å²) in [7, 11) is 1.85. The third-order valence-electron chi connectivity index (χ3n) is 2.37. The molecule has 0 bridgehead atoms. The minimum atomic E-state index is -0.962. The zero-order valence-corrected chi connectivity index (χ0v) is 9.30. The van der Waals surface area contributed by atoms with Crippen molar-refractivity contribution in [1.29, 1.82) is 0 Å². The highest BCUT2D eigenvalue weighted by Gasteiger charge is 2.10. The second kappa shape index (κ2) is 4.75. The Morgan fingerprint density at radius 2 is 2.35 bits per heavy atom. The Kier molecular flexibility index (Phi) is 3.15. The van der Waals surface area contributed by atoms with Crippen LogP contribution in [-0.4, -0.2) is 29.7 Å². The first-order chi connectivity index (χ1) is 8.16. The average Bonchev–Trinajstić information content (AvgIpc) is 2.72. The molecule has 6 heteroatoms. The van der Waals surface area contributed by atoms with Gasteiger partial charge < -0.3 is 15.3 Å². The Bertz CT molecular complexity index is 459. The predicted octanol–water partition coefficient (Wildman–Crippen LogP) is 0.560. The molecule has 2 rings (SSSR count). The van der Waals surface area contributed by atoms with Gasteiger partial charge in [0.1, 0.15) is 12.4 Å². The van der Waals surface area contributed by atoms with Crippen molar-refractivity contribution in [2.75, 3.05) is 13.7 Å². The SMILES string of the molecule is CN1NNC=C1COc1cccc(C(=O)O)c1. The van der Waals surface area contributed by atoms with E-state index in [0.717, 1.165) is 5.70 Å². The van der Waals surface area contributed by atoms with E-state index in [-0.39, 0.29) is 5.56 Å². The number of aromatic carboxylic acids is 1. The summed E-state index contributed by atoms with van der Waals surface area (Å²) in [5.41, 5.74) is 6.82. The van der Waals surface area contributed by atoms with Crippen LogP contribution in [0.2, 0.25) is 0 Å². The van der Waals surface area contributed by atoms with Crippen LogP contribution in [0.4, 0.5) is 0 Å². The van der Waals surface area contributed by atoms with E-state index < -0.39 is 5.97 Å². The van der Waals surface area contributed by atoms with Gasteiger partial charge in [0, 0.05) is 13.2 Å². The number of carboxylic acids is 1. The lowest BCUT2D eigenvalue weighted by atomic mass is 10.2. The van der Waals surface area contributed by atoms with Gasteiger partial charge in [-0.25, -0.2) is 4.79 Å². The number of benzene rings is 1. The van der Waals surface area contributed by atoms with Gasteiger partial charge in [0.25, 0.3) is 0 Å². The fourth-order valence-electron chi connectivity index (χ4n) is 1.40. The van der Waals surface area contributed by atoms with Crippen molar-refractivity contribution in [3.8, 4) is 5.75 Å².